The summed E-state index contributed by atoms with van der Waals surface area (Å²) in [5, 5.41) is 5.70. The summed E-state index contributed by atoms with van der Waals surface area (Å²) in [4.78, 5) is 11.3. The Morgan fingerprint density at radius 1 is 1.50 bits per heavy atom. The molecule has 1 aromatic rings. The van der Waals surface area contributed by atoms with Crippen LogP contribution >= 0.6 is 11.6 Å². The van der Waals surface area contributed by atoms with E-state index in [1.54, 1.807) is 12.1 Å². The van der Waals surface area contributed by atoms with Crippen molar-refractivity contribution in [1.82, 2.24) is 10.6 Å². The average Bonchev–Trinajstić information content (AvgIpc) is 3.00. The van der Waals surface area contributed by atoms with Gasteiger partial charge in [-0.25, -0.2) is 9.18 Å². The molecule has 3 nitrogen and oxygen atoms in total. The largest absolute Gasteiger partial charge is 0.335 e. The van der Waals surface area contributed by atoms with Crippen LogP contribution in [-0.4, -0.2) is 12.1 Å². The van der Waals surface area contributed by atoms with Crippen LogP contribution in [0.5, 0.6) is 0 Å². The van der Waals surface area contributed by atoms with Crippen LogP contribution in [0.4, 0.5) is 9.18 Å². The average molecular weight is 243 g/mol. The fourth-order valence-electron chi connectivity index (χ4n) is 1.30. The summed E-state index contributed by atoms with van der Waals surface area (Å²) in [6.07, 6.45) is 2.06. The van der Waals surface area contributed by atoms with Gasteiger partial charge < -0.3 is 10.6 Å². The normalized spacial score (nSPS) is 14.6. The van der Waals surface area contributed by atoms with E-state index in [4.69, 9.17) is 11.6 Å². The van der Waals surface area contributed by atoms with E-state index in [9.17, 15) is 9.18 Å². The summed E-state index contributed by atoms with van der Waals surface area (Å²) in [5.41, 5.74) is 0.426. The van der Waals surface area contributed by atoms with E-state index in [1.165, 1.54) is 6.07 Å². The lowest BCUT2D eigenvalue weighted by atomic mass is 10.2. The van der Waals surface area contributed by atoms with Crippen LogP contribution in [-0.2, 0) is 6.54 Å². The Bertz CT molecular complexity index is 407. The fraction of sp³-hybridized carbons (Fsp3) is 0.364. The van der Waals surface area contributed by atoms with Crippen LogP contribution in [0, 0.1) is 5.82 Å². The first-order chi connectivity index (χ1) is 7.65. The van der Waals surface area contributed by atoms with Gasteiger partial charge in [0.15, 0.2) is 0 Å². The second-order valence-electron chi connectivity index (χ2n) is 3.84. The molecule has 1 aliphatic rings. The van der Waals surface area contributed by atoms with E-state index < -0.39 is 5.82 Å². The standard InChI is InChI=1S/C11H12ClFN2O/c12-8-2-1-7(10(13)5-8)6-14-11(16)15-9-3-4-9/h1-2,5,9H,3-4,6H2,(H2,14,15,16). The van der Waals surface area contributed by atoms with Crippen molar-refractivity contribution in [3.63, 3.8) is 0 Å². The Morgan fingerprint density at radius 2 is 2.25 bits per heavy atom. The van der Waals surface area contributed by atoms with Crippen LogP contribution in [0.3, 0.4) is 0 Å². The van der Waals surface area contributed by atoms with Crippen molar-refractivity contribution in [2.75, 3.05) is 0 Å². The lowest BCUT2D eigenvalue weighted by Crippen LogP contribution is -2.36. The molecule has 1 aliphatic carbocycles. The van der Waals surface area contributed by atoms with E-state index in [0.717, 1.165) is 12.8 Å². The highest BCUT2D eigenvalue weighted by Gasteiger charge is 2.22. The van der Waals surface area contributed by atoms with Gasteiger partial charge in [-0.3, -0.25) is 0 Å². The molecule has 0 bridgehead atoms. The lowest BCUT2D eigenvalue weighted by molar-refractivity contribution is 0.240. The first-order valence-electron chi connectivity index (χ1n) is 5.13. The maximum atomic E-state index is 13.3. The summed E-state index contributed by atoms with van der Waals surface area (Å²) in [6.45, 7) is 0.168. The predicted octanol–water partition coefficient (Wildman–Crippen LogP) is 2.44. The second-order valence-corrected chi connectivity index (χ2v) is 4.27. The number of halogens is 2. The van der Waals surface area contributed by atoms with Gasteiger partial charge in [0.1, 0.15) is 5.82 Å². The van der Waals surface area contributed by atoms with Gasteiger partial charge in [-0.15, -0.1) is 0 Å². The molecule has 0 saturated heterocycles. The molecule has 5 heteroatoms. The molecule has 86 valence electrons. The molecule has 1 saturated carbocycles. The van der Waals surface area contributed by atoms with Crippen molar-refractivity contribution >= 4 is 17.6 Å². The van der Waals surface area contributed by atoms with Crippen molar-refractivity contribution in [2.45, 2.75) is 25.4 Å². The summed E-state index contributed by atoms with van der Waals surface area (Å²) in [7, 11) is 0. The maximum Gasteiger partial charge on any atom is 0.315 e. The first kappa shape index (κ1) is 11.2. The molecular formula is C11H12ClFN2O. The highest BCUT2D eigenvalue weighted by molar-refractivity contribution is 6.30. The summed E-state index contributed by atoms with van der Waals surface area (Å²) >= 11 is 5.62. The molecule has 0 aromatic heterocycles. The zero-order valence-electron chi connectivity index (χ0n) is 8.59. The van der Waals surface area contributed by atoms with Crippen LogP contribution in [0.1, 0.15) is 18.4 Å². The Labute approximate surface area is 98.0 Å². The zero-order chi connectivity index (χ0) is 11.5. The molecule has 0 spiro atoms. The van der Waals surface area contributed by atoms with E-state index in [0.29, 0.717) is 16.6 Å². The minimum Gasteiger partial charge on any atom is -0.335 e. The SMILES string of the molecule is O=C(NCc1ccc(Cl)cc1F)NC1CC1. The third-order valence-corrected chi connectivity index (χ3v) is 2.60. The Balaban J connectivity index is 1.85. The molecule has 0 aliphatic heterocycles. The maximum absolute atomic E-state index is 13.3. The van der Waals surface area contributed by atoms with Crippen molar-refractivity contribution in [1.29, 1.82) is 0 Å². The Hall–Kier alpha value is -1.29. The minimum atomic E-state index is -0.403. The van der Waals surface area contributed by atoms with Crippen molar-refractivity contribution < 1.29 is 9.18 Å². The molecule has 16 heavy (non-hydrogen) atoms. The third kappa shape index (κ3) is 3.10. The summed E-state index contributed by atoms with van der Waals surface area (Å²) < 4.78 is 13.3. The third-order valence-electron chi connectivity index (χ3n) is 2.37. The molecule has 2 N–H and O–H groups in total. The summed E-state index contributed by atoms with van der Waals surface area (Å²) in [6, 6.07) is 4.44. The van der Waals surface area contributed by atoms with E-state index in [-0.39, 0.29) is 12.6 Å². The number of carbonyl (C=O) groups excluding carboxylic acids is 1. The van der Waals surface area contributed by atoms with Crippen molar-refractivity contribution in [3.8, 4) is 0 Å². The van der Waals surface area contributed by atoms with Gasteiger partial charge in [0.25, 0.3) is 0 Å². The lowest BCUT2D eigenvalue weighted by Gasteiger charge is -2.07. The highest BCUT2D eigenvalue weighted by Crippen LogP contribution is 2.18. The second kappa shape index (κ2) is 4.70. The Morgan fingerprint density at radius 3 is 2.88 bits per heavy atom. The van der Waals surface area contributed by atoms with Gasteiger partial charge in [-0.1, -0.05) is 17.7 Å². The predicted molar refractivity (Wildman–Crippen MR) is 59.8 cm³/mol. The molecule has 0 heterocycles. The van der Waals surface area contributed by atoms with Crippen LogP contribution in [0.2, 0.25) is 5.02 Å². The molecule has 1 fully saturated rings. The van der Waals surface area contributed by atoms with Gasteiger partial charge in [0.05, 0.1) is 0 Å². The molecule has 1 aromatic carbocycles. The number of urea groups is 1. The number of hydrogen-bond acceptors (Lipinski definition) is 1. The number of hydrogen-bond donors (Lipinski definition) is 2. The molecule has 0 atom stereocenters. The number of carbonyl (C=O) groups is 1. The quantitative estimate of drug-likeness (QED) is 0.840. The van der Waals surface area contributed by atoms with Crippen molar-refractivity contribution in [2.24, 2.45) is 0 Å². The van der Waals surface area contributed by atoms with Gasteiger partial charge in [0.2, 0.25) is 0 Å². The van der Waals surface area contributed by atoms with E-state index >= 15 is 0 Å². The van der Waals surface area contributed by atoms with Gasteiger partial charge in [-0.05, 0) is 25.0 Å². The Kier molecular flexibility index (Phi) is 3.29. The number of benzene rings is 1. The van der Waals surface area contributed by atoms with Gasteiger partial charge in [0, 0.05) is 23.2 Å². The molecule has 2 rings (SSSR count). The topological polar surface area (TPSA) is 41.1 Å². The highest BCUT2D eigenvalue weighted by atomic mass is 35.5. The van der Waals surface area contributed by atoms with E-state index in [1.807, 2.05) is 0 Å². The number of amides is 2. The smallest absolute Gasteiger partial charge is 0.315 e. The summed E-state index contributed by atoms with van der Waals surface area (Å²) in [5.74, 6) is -0.403. The van der Waals surface area contributed by atoms with Crippen molar-refractivity contribution in [3.05, 3.63) is 34.6 Å². The first-order valence-corrected chi connectivity index (χ1v) is 5.51. The molecule has 0 unspecified atom stereocenters. The minimum absolute atomic E-state index is 0.168. The van der Waals surface area contributed by atoms with Crippen LogP contribution in [0.25, 0.3) is 0 Å². The molecule has 2 amide bonds. The number of rotatable bonds is 3. The molecular weight excluding hydrogens is 231 g/mol. The van der Waals surface area contributed by atoms with Gasteiger partial charge >= 0.3 is 6.03 Å². The fourth-order valence-corrected chi connectivity index (χ4v) is 1.46. The monoisotopic (exact) mass is 242 g/mol. The number of nitrogens with one attached hydrogen (secondary N) is 2. The molecule has 0 radical (unpaired) electrons. The van der Waals surface area contributed by atoms with Crippen LogP contribution in [0.15, 0.2) is 18.2 Å². The van der Waals surface area contributed by atoms with Gasteiger partial charge in [-0.2, -0.15) is 0 Å². The zero-order valence-corrected chi connectivity index (χ0v) is 9.35. The van der Waals surface area contributed by atoms with Crippen LogP contribution < -0.4 is 10.6 Å². The van der Waals surface area contributed by atoms with E-state index in [2.05, 4.69) is 10.6 Å².